The van der Waals surface area contributed by atoms with Gasteiger partial charge >= 0.3 is 0 Å². The fourth-order valence-electron chi connectivity index (χ4n) is 4.35. The molecule has 0 radical (unpaired) electrons. The van der Waals surface area contributed by atoms with Crippen molar-refractivity contribution in [1.29, 1.82) is 5.41 Å². The van der Waals surface area contributed by atoms with Crippen molar-refractivity contribution in [2.75, 3.05) is 11.9 Å². The third-order valence-electron chi connectivity index (χ3n) is 5.34. The van der Waals surface area contributed by atoms with Gasteiger partial charge in [-0.25, -0.2) is 4.39 Å². The summed E-state index contributed by atoms with van der Waals surface area (Å²) in [6.07, 6.45) is 3.49. The lowest BCUT2D eigenvalue weighted by Crippen LogP contribution is -2.61. The summed E-state index contributed by atoms with van der Waals surface area (Å²) in [6, 6.07) is 5.12. The van der Waals surface area contributed by atoms with Crippen LogP contribution in [0.2, 0.25) is 0 Å². The Morgan fingerprint density at radius 1 is 1.27 bits per heavy atom. The minimum atomic E-state index is -0.402. The molecule has 30 heavy (non-hydrogen) atoms. The number of anilines is 1. The molecule has 0 saturated carbocycles. The molecular weight excluding hydrogens is 399 g/mol. The highest BCUT2D eigenvalue weighted by Crippen LogP contribution is 2.36. The molecule has 0 bridgehead atoms. The van der Waals surface area contributed by atoms with Crippen molar-refractivity contribution in [3.63, 3.8) is 0 Å². The quantitative estimate of drug-likeness (QED) is 0.611. The summed E-state index contributed by atoms with van der Waals surface area (Å²) >= 11 is 1.39. The minimum absolute atomic E-state index is 0.0262. The van der Waals surface area contributed by atoms with Crippen molar-refractivity contribution in [2.24, 2.45) is 5.73 Å². The number of rotatable bonds is 5. The van der Waals surface area contributed by atoms with Crippen molar-refractivity contribution in [3.05, 3.63) is 35.7 Å². The fraction of sp³-hybridized carbons (Fsp3) is 0.500. The van der Waals surface area contributed by atoms with Gasteiger partial charge in [0.15, 0.2) is 5.01 Å². The number of benzene rings is 1. The Morgan fingerprint density at radius 2 is 1.90 bits per heavy atom. The molecule has 0 aliphatic carbocycles. The second-order valence-corrected chi connectivity index (χ2v) is 10.4. The highest BCUT2D eigenvalue weighted by Gasteiger charge is 2.39. The van der Waals surface area contributed by atoms with Gasteiger partial charge in [-0.15, -0.1) is 10.2 Å². The number of piperidine rings is 1. The van der Waals surface area contributed by atoms with Crippen LogP contribution < -0.4 is 16.0 Å². The third kappa shape index (κ3) is 5.05. The molecular formula is C22H31FN6S. The number of aromatic nitrogens is 2. The number of nitrogens with zero attached hydrogens (tertiary/aromatic N) is 3. The summed E-state index contributed by atoms with van der Waals surface area (Å²) in [7, 11) is 2.04. The molecule has 1 aromatic heterocycles. The van der Waals surface area contributed by atoms with E-state index in [-0.39, 0.29) is 11.1 Å². The van der Waals surface area contributed by atoms with Crippen LogP contribution in [0.25, 0.3) is 16.3 Å². The Morgan fingerprint density at radius 3 is 2.47 bits per heavy atom. The van der Waals surface area contributed by atoms with Crippen molar-refractivity contribution in [1.82, 2.24) is 15.5 Å². The monoisotopic (exact) mass is 430 g/mol. The van der Waals surface area contributed by atoms with Crippen molar-refractivity contribution < 1.29 is 4.39 Å². The van der Waals surface area contributed by atoms with Gasteiger partial charge < -0.3 is 21.4 Å². The second-order valence-electron chi connectivity index (χ2n) is 9.43. The molecule has 1 aliphatic rings. The molecule has 2 aromatic rings. The van der Waals surface area contributed by atoms with Gasteiger partial charge in [-0.2, -0.15) is 0 Å². The van der Waals surface area contributed by atoms with E-state index in [0.717, 1.165) is 18.0 Å². The van der Waals surface area contributed by atoms with E-state index >= 15 is 0 Å². The number of nitrogens with two attached hydrogens (primary N) is 1. The lowest BCUT2D eigenvalue weighted by atomic mass is 9.79. The Bertz CT molecular complexity index is 962. The van der Waals surface area contributed by atoms with Gasteiger partial charge in [-0.1, -0.05) is 17.4 Å². The van der Waals surface area contributed by atoms with Gasteiger partial charge in [0.05, 0.1) is 0 Å². The van der Waals surface area contributed by atoms with Gasteiger partial charge in [0.25, 0.3) is 0 Å². The Labute approximate surface area is 181 Å². The molecule has 3 rings (SSSR count). The molecule has 1 aromatic carbocycles. The highest BCUT2D eigenvalue weighted by molar-refractivity contribution is 7.18. The van der Waals surface area contributed by atoms with Crippen LogP contribution >= 0.6 is 11.3 Å². The van der Waals surface area contributed by atoms with Crippen LogP contribution in [0.3, 0.4) is 0 Å². The molecule has 0 atom stereocenters. The van der Waals surface area contributed by atoms with E-state index in [1.807, 2.05) is 7.05 Å². The Hall–Kier alpha value is -2.32. The molecule has 0 spiro atoms. The van der Waals surface area contributed by atoms with Crippen molar-refractivity contribution in [2.45, 2.75) is 64.6 Å². The molecule has 1 fully saturated rings. The molecule has 1 aliphatic heterocycles. The maximum Gasteiger partial charge on any atom is 0.208 e. The summed E-state index contributed by atoms with van der Waals surface area (Å²) in [4.78, 5) is 2.17. The maximum absolute atomic E-state index is 14.8. The SMILES string of the molecule is CC(=N)/C=C(\N)c1ccc(-c2nnc(N(C)C3CC(C)(C)NC(C)(C)C3)s2)c(F)c1. The van der Waals surface area contributed by atoms with Gasteiger partial charge in [-0.05, 0) is 65.7 Å². The zero-order valence-electron chi connectivity index (χ0n) is 18.5. The molecule has 4 N–H and O–H groups in total. The molecule has 0 unspecified atom stereocenters. The van der Waals surface area contributed by atoms with Crippen LogP contribution in [0.1, 0.15) is 53.0 Å². The van der Waals surface area contributed by atoms with Crippen molar-refractivity contribution >= 4 is 27.9 Å². The van der Waals surface area contributed by atoms with Gasteiger partial charge in [-0.3, -0.25) is 0 Å². The molecule has 8 heteroatoms. The van der Waals surface area contributed by atoms with Crippen LogP contribution in [0, 0.1) is 11.2 Å². The molecule has 2 heterocycles. The topological polar surface area (TPSA) is 90.9 Å². The van der Waals surface area contributed by atoms with E-state index < -0.39 is 5.82 Å². The van der Waals surface area contributed by atoms with E-state index in [4.69, 9.17) is 11.1 Å². The lowest BCUT2D eigenvalue weighted by molar-refractivity contribution is 0.161. The van der Waals surface area contributed by atoms with Crippen LogP contribution in [0.4, 0.5) is 9.52 Å². The largest absolute Gasteiger partial charge is 0.398 e. The van der Waals surface area contributed by atoms with Gasteiger partial charge in [0.2, 0.25) is 5.13 Å². The lowest BCUT2D eigenvalue weighted by Gasteiger charge is -2.48. The van der Waals surface area contributed by atoms with E-state index in [0.29, 0.717) is 33.6 Å². The summed E-state index contributed by atoms with van der Waals surface area (Å²) in [5, 5.41) is 21.1. The molecule has 1 saturated heterocycles. The predicted molar refractivity (Wildman–Crippen MR) is 124 cm³/mol. The average molecular weight is 431 g/mol. The van der Waals surface area contributed by atoms with E-state index in [2.05, 4.69) is 48.1 Å². The van der Waals surface area contributed by atoms with Gasteiger partial charge in [0.1, 0.15) is 5.82 Å². The van der Waals surface area contributed by atoms with Gasteiger partial charge in [0, 0.05) is 46.7 Å². The number of nitrogens with one attached hydrogen (secondary N) is 2. The first-order valence-corrected chi connectivity index (χ1v) is 10.9. The van der Waals surface area contributed by atoms with Crippen LogP contribution in [-0.4, -0.2) is 40.1 Å². The predicted octanol–water partition coefficient (Wildman–Crippen LogP) is 4.43. The summed E-state index contributed by atoms with van der Waals surface area (Å²) in [6.45, 7) is 10.5. The fourth-order valence-corrected chi connectivity index (χ4v) is 5.25. The number of hydrogen-bond donors (Lipinski definition) is 3. The Kier molecular flexibility index (Phi) is 6.02. The summed E-state index contributed by atoms with van der Waals surface area (Å²) in [5.41, 5.74) is 7.62. The van der Waals surface area contributed by atoms with Crippen LogP contribution in [0.5, 0.6) is 0 Å². The van der Waals surface area contributed by atoms with Crippen LogP contribution in [-0.2, 0) is 0 Å². The standard InChI is InChI=1S/C22H31FN6S/c1-13(24)9-18(25)14-7-8-16(17(23)10-14)19-26-27-20(30-19)29(6)15-11-21(2,3)28-22(4,5)12-15/h7-10,15,24,28H,11-12,25H2,1-6H3/b18-9-,24-13?. The molecule has 0 amide bonds. The van der Waals surface area contributed by atoms with Crippen molar-refractivity contribution in [3.8, 4) is 10.6 Å². The van der Waals surface area contributed by atoms with E-state index in [1.165, 1.54) is 23.5 Å². The zero-order chi connectivity index (χ0) is 22.3. The minimum Gasteiger partial charge on any atom is -0.398 e. The number of allylic oxidation sites excluding steroid dienone is 1. The second kappa shape index (κ2) is 8.07. The smallest absolute Gasteiger partial charge is 0.208 e. The first-order chi connectivity index (χ1) is 13.9. The van der Waals surface area contributed by atoms with E-state index in [9.17, 15) is 4.39 Å². The molecule has 162 valence electrons. The third-order valence-corrected chi connectivity index (χ3v) is 6.38. The Balaban J connectivity index is 1.83. The first-order valence-electron chi connectivity index (χ1n) is 10.1. The summed E-state index contributed by atoms with van der Waals surface area (Å²) < 4.78 is 14.8. The first kappa shape index (κ1) is 22.4. The normalized spacial score (nSPS) is 19.0. The zero-order valence-corrected chi connectivity index (χ0v) is 19.3. The average Bonchev–Trinajstić information content (AvgIpc) is 3.07. The van der Waals surface area contributed by atoms with E-state index in [1.54, 1.807) is 19.1 Å². The number of halogens is 1. The summed E-state index contributed by atoms with van der Waals surface area (Å²) in [5.74, 6) is -0.402. The highest BCUT2D eigenvalue weighted by atomic mass is 32.1. The number of hydrogen-bond acceptors (Lipinski definition) is 7. The maximum atomic E-state index is 14.8. The molecule has 6 nitrogen and oxygen atoms in total. The van der Waals surface area contributed by atoms with Crippen LogP contribution in [0.15, 0.2) is 24.3 Å².